The molecule has 0 aromatic heterocycles. The molecule has 1 aliphatic carbocycles. The van der Waals surface area contributed by atoms with Gasteiger partial charge in [0.25, 0.3) is 0 Å². The zero-order valence-electron chi connectivity index (χ0n) is 14.3. The maximum absolute atomic E-state index is 5.49. The predicted octanol–water partition coefficient (Wildman–Crippen LogP) is 3.85. The van der Waals surface area contributed by atoms with Crippen molar-refractivity contribution in [2.75, 3.05) is 26.0 Å². The lowest BCUT2D eigenvalue weighted by atomic mass is 9.80. The Morgan fingerprint density at radius 1 is 1.18 bits per heavy atom. The molecule has 1 fully saturated rings. The molecule has 3 nitrogen and oxygen atoms in total. The van der Waals surface area contributed by atoms with Crippen LogP contribution in [0.25, 0.3) is 0 Å². The Bertz CT molecular complexity index is 519. The number of nitrogens with zero attached hydrogens (tertiary/aromatic N) is 1. The van der Waals surface area contributed by atoms with Crippen LogP contribution in [0.15, 0.2) is 18.2 Å². The molecule has 0 heterocycles. The molecule has 122 valence electrons. The number of thiocarbonyl (C=S) groups is 1. The monoisotopic (exact) mass is 319 g/mol. The summed E-state index contributed by atoms with van der Waals surface area (Å²) in [4.78, 5) is 2.37. The maximum Gasteiger partial charge on any atom is 0.170 e. The quantitative estimate of drug-likeness (QED) is 0.824. The summed E-state index contributed by atoms with van der Waals surface area (Å²) in [5.74, 6) is 0. The summed E-state index contributed by atoms with van der Waals surface area (Å²) >= 11 is 5.49. The van der Waals surface area contributed by atoms with Gasteiger partial charge in [-0.25, -0.2) is 0 Å². The first kappa shape index (κ1) is 17.2. The maximum atomic E-state index is 5.49. The van der Waals surface area contributed by atoms with E-state index in [2.05, 4.69) is 61.7 Å². The Balaban J connectivity index is 1.93. The molecule has 1 aliphatic rings. The molecular formula is C18H29N3S. The molecule has 1 aromatic rings. The van der Waals surface area contributed by atoms with E-state index in [1.54, 1.807) is 0 Å². The van der Waals surface area contributed by atoms with Crippen LogP contribution in [0.1, 0.15) is 43.2 Å². The fraction of sp³-hybridized carbons (Fsp3) is 0.611. The lowest BCUT2D eigenvalue weighted by molar-refractivity contribution is 0.104. The van der Waals surface area contributed by atoms with Gasteiger partial charge in [-0.05, 0) is 64.6 Å². The Morgan fingerprint density at radius 3 is 2.45 bits per heavy atom. The molecule has 0 radical (unpaired) electrons. The topological polar surface area (TPSA) is 27.3 Å². The minimum atomic E-state index is 0.242. The van der Waals surface area contributed by atoms with Gasteiger partial charge in [0, 0.05) is 17.8 Å². The number of aryl methyl sites for hydroxylation is 2. The summed E-state index contributed by atoms with van der Waals surface area (Å²) in [6, 6.07) is 6.38. The van der Waals surface area contributed by atoms with Crippen LogP contribution in [-0.2, 0) is 0 Å². The van der Waals surface area contributed by atoms with Gasteiger partial charge in [0.2, 0.25) is 0 Å². The van der Waals surface area contributed by atoms with Gasteiger partial charge in [-0.15, -0.1) is 0 Å². The van der Waals surface area contributed by atoms with Gasteiger partial charge in [0.05, 0.1) is 0 Å². The minimum Gasteiger partial charge on any atom is -0.361 e. The van der Waals surface area contributed by atoms with Crippen LogP contribution in [0.2, 0.25) is 0 Å². The molecular weight excluding hydrogens is 290 g/mol. The van der Waals surface area contributed by atoms with Crippen LogP contribution < -0.4 is 10.6 Å². The van der Waals surface area contributed by atoms with Crippen molar-refractivity contribution in [2.45, 2.75) is 51.5 Å². The molecule has 0 aliphatic heterocycles. The SMILES string of the molecule is Cc1ccc(NC(=S)NCC2(N(C)C)CCCCC2)c(C)c1. The molecule has 1 aromatic carbocycles. The van der Waals surface area contributed by atoms with Crippen LogP contribution in [0.5, 0.6) is 0 Å². The molecule has 4 heteroatoms. The van der Waals surface area contributed by atoms with E-state index in [0.29, 0.717) is 0 Å². The number of anilines is 1. The smallest absolute Gasteiger partial charge is 0.170 e. The lowest BCUT2D eigenvalue weighted by Gasteiger charge is -2.43. The highest BCUT2D eigenvalue weighted by Gasteiger charge is 2.34. The number of benzene rings is 1. The third kappa shape index (κ3) is 4.20. The Labute approximate surface area is 140 Å². The molecule has 0 unspecified atom stereocenters. The van der Waals surface area contributed by atoms with E-state index in [9.17, 15) is 0 Å². The third-order valence-corrected chi connectivity index (χ3v) is 5.19. The fourth-order valence-electron chi connectivity index (χ4n) is 3.36. The highest BCUT2D eigenvalue weighted by molar-refractivity contribution is 7.80. The van der Waals surface area contributed by atoms with Crippen molar-refractivity contribution < 1.29 is 0 Å². The summed E-state index contributed by atoms with van der Waals surface area (Å²) in [5, 5.41) is 7.50. The average Bonchev–Trinajstić information content (AvgIpc) is 2.49. The van der Waals surface area contributed by atoms with Crippen molar-refractivity contribution in [2.24, 2.45) is 0 Å². The van der Waals surface area contributed by atoms with Gasteiger partial charge in [-0.1, -0.05) is 37.0 Å². The highest BCUT2D eigenvalue weighted by Crippen LogP contribution is 2.31. The van der Waals surface area contributed by atoms with Crippen molar-refractivity contribution in [3.05, 3.63) is 29.3 Å². The third-order valence-electron chi connectivity index (χ3n) is 4.94. The van der Waals surface area contributed by atoms with Crippen LogP contribution in [0.4, 0.5) is 5.69 Å². The van der Waals surface area contributed by atoms with Gasteiger partial charge in [-0.2, -0.15) is 0 Å². The van der Waals surface area contributed by atoms with Crippen molar-refractivity contribution in [3.8, 4) is 0 Å². The summed E-state index contributed by atoms with van der Waals surface area (Å²) in [6.45, 7) is 5.13. The molecule has 0 amide bonds. The highest BCUT2D eigenvalue weighted by atomic mass is 32.1. The number of nitrogens with one attached hydrogen (secondary N) is 2. The normalized spacial score (nSPS) is 17.3. The molecule has 2 N–H and O–H groups in total. The summed E-state index contributed by atoms with van der Waals surface area (Å²) in [5.41, 5.74) is 3.83. The van der Waals surface area contributed by atoms with Gasteiger partial charge in [0.1, 0.15) is 0 Å². The van der Waals surface area contributed by atoms with Crippen molar-refractivity contribution >= 4 is 23.0 Å². The molecule has 2 rings (SSSR count). The van der Waals surface area contributed by atoms with Crippen molar-refractivity contribution in [1.29, 1.82) is 0 Å². The first-order valence-corrected chi connectivity index (χ1v) is 8.63. The van der Waals surface area contributed by atoms with E-state index >= 15 is 0 Å². The first-order valence-electron chi connectivity index (χ1n) is 8.22. The number of hydrogen-bond acceptors (Lipinski definition) is 2. The zero-order chi connectivity index (χ0) is 16.2. The molecule has 22 heavy (non-hydrogen) atoms. The van der Waals surface area contributed by atoms with Crippen LogP contribution >= 0.6 is 12.2 Å². The van der Waals surface area contributed by atoms with Gasteiger partial charge < -0.3 is 15.5 Å². The van der Waals surface area contributed by atoms with E-state index in [4.69, 9.17) is 12.2 Å². The fourth-order valence-corrected chi connectivity index (χ4v) is 3.54. The van der Waals surface area contributed by atoms with Gasteiger partial charge >= 0.3 is 0 Å². The van der Waals surface area contributed by atoms with E-state index in [0.717, 1.165) is 17.3 Å². The summed E-state index contributed by atoms with van der Waals surface area (Å²) in [6.07, 6.45) is 6.49. The standard InChI is InChI=1S/C18H29N3S/c1-14-8-9-16(15(2)12-14)20-17(22)19-13-18(21(3)4)10-6-5-7-11-18/h8-9,12H,5-7,10-11,13H2,1-4H3,(H2,19,20,22). The predicted molar refractivity (Wildman–Crippen MR) is 99.6 cm³/mol. The second-order valence-corrected chi connectivity index (χ2v) is 7.21. The van der Waals surface area contributed by atoms with E-state index in [1.165, 1.54) is 43.2 Å². The first-order chi connectivity index (χ1) is 10.4. The second-order valence-electron chi connectivity index (χ2n) is 6.81. The Kier molecular flexibility index (Phi) is 5.81. The largest absolute Gasteiger partial charge is 0.361 e. The van der Waals surface area contributed by atoms with E-state index in [-0.39, 0.29) is 5.54 Å². The number of rotatable bonds is 4. The minimum absolute atomic E-state index is 0.242. The van der Waals surface area contributed by atoms with Crippen LogP contribution in [0.3, 0.4) is 0 Å². The van der Waals surface area contributed by atoms with Crippen LogP contribution in [-0.4, -0.2) is 36.2 Å². The molecule has 0 spiro atoms. The Hall–Kier alpha value is -1.13. The zero-order valence-corrected chi connectivity index (χ0v) is 15.1. The van der Waals surface area contributed by atoms with Crippen molar-refractivity contribution in [3.63, 3.8) is 0 Å². The van der Waals surface area contributed by atoms with E-state index in [1.807, 2.05) is 0 Å². The summed E-state index contributed by atoms with van der Waals surface area (Å²) in [7, 11) is 4.38. The molecule has 0 saturated heterocycles. The van der Waals surface area contributed by atoms with Crippen molar-refractivity contribution in [1.82, 2.24) is 10.2 Å². The van der Waals surface area contributed by atoms with E-state index < -0.39 is 0 Å². The molecule has 1 saturated carbocycles. The Morgan fingerprint density at radius 2 is 1.86 bits per heavy atom. The van der Waals surface area contributed by atoms with Gasteiger partial charge in [0.15, 0.2) is 5.11 Å². The summed E-state index contributed by atoms with van der Waals surface area (Å²) < 4.78 is 0. The van der Waals surface area contributed by atoms with Gasteiger partial charge in [-0.3, -0.25) is 0 Å². The number of hydrogen-bond donors (Lipinski definition) is 2. The number of likely N-dealkylation sites (N-methyl/N-ethyl adjacent to an activating group) is 1. The molecule has 0 bridgehead atoms. The lowest BCUT2D eigenvalue weighted by Crippen LogP contribution is -2.54. The van der Waals surface area contributed by atoms with Crippen LogP contribution in [0, 0.1) is 13.8 Å². The average molecular weight is 320 g/mol. The molecule has 0 atom stereocenters. The second kappa shape index (κ2) is 7.42.